The predicted octanol–water partition coefficient (Wildman–Crippen LogP) is 4.14. The third kappa shape index (κ3) is 3.63. The second kappa shape index (κ2) is 7.64. The summed E-state index contributed by atoms with van der Waals surface area (Å²) >= 11 is 0. The number of aliphatic hydroxyl groups is 1. The lowest BCUT2D eigenvalue weighted by molar-refractivity contribution is 0.0174. The Morgan fingerprint density at radius 3 is 2.48 bits per heavy atom. The van der Waals surface area contributed by atoms with Crippen molar-refractivity contribution < 1.29 is 13.5 Å². The zero-order chi connectivity index (χ0) is 19.7. The first-order valence-electron chi connectivity index (χ1n) is 9.70. The van der Waals surface area contributed by atoms with E-state index in [1.54, 1.807) is 18.2 Å². The van der Waals surface area contributed by atoms with Gasteiger partial charge in [-0.1, -0.05) is 57.0 Å². The van der Waals surface area contributed by atoms with Crippen molar-refractivity contribution in [3.05, 3.63) is 59.7 Å². The molecule has 0 bridgehead atoms. The summed E-state index contributed by atoms with van der Waals surface area (Å²) < 4.78 is 26.6. The number of nitrogen functional groups attached to an aromatic ring is 1. The van der Waals surface area contributed by atoms with Crippen molar-refractivity contribution in [3.63, 3.8) is 0 Å². The largest absolute Gasteiger partial charge is 0.399 e. The van der Waals surface area contributed by atoms with Gasteiger partial charge in [-0.3, -0.25) is 0 Å². The Hall–Kier alpha value is -1.85. The van der Waals surface area contributed by atoms with Crippen LogP contribution in [0.1, 0.15) is 56.6 Å². The molecule has 27 heavy (non-hydrogen) atoms. The molecule has 146 valence electrons. The molecule has 0 saturated carbocycles. The van der Waals surface area contributed by atoms with Crippen LogP contribution in [0, 0.1) is 5.41 Å². The van der Waals surface area contributed by atoms with E-state index in [-0.39, 0.29) is 5.75 Å². The number of fused-ring (bicyclic) bond motifs is 1. The molecule has 1 aliphatic rings. The molecule has 4 nitrogen and oxygen atoms in total. The fraction of sp³-hybridized carbons (Fsp3) is 0.455. The Labute approximate surface area is 162 Å². The zero-order valence-corrected chi connectivity index (χ0v) is 16.9. The van der Waals surface area contributed by atoms with Gasteiger partial charge in [-0.25, -0.2) is 8.42 Å². The molecule has 5 heteroatoms. The topological polar surface area (TPSA) is 80.4 Å². The lowest BCUT2D eigenvalue weighted by Crippen LogP contribution is -2.42. The van der Waals surface area contributed by atoms with Gasteiger partial charge in [-0.05, 0) is 42.2 Å². The van der Waals surface area contributed by atoms with Crippen molar-refractivity contribution in [2.45, 2.75) is 56.4 Å². The van der Waals surface area contributed by atoms with E-state index in [1.165, 1.54) is 0 Å². The third-order valence-electron chi connectivity index (χ3n) is 6.02. The van der Waals surface area contributed by atoms with Gasteiger partial charge in [0, 0.05) is 17.0 Å². The van der Waals surface area contributed by atoms with E-state index in [1.807, 2.05) is 37.3 Å². The van der Waals surface area contributed by atoms with Crippen LogP contribution in [0.2, 0.25) is 0 Å². The van der Waals surface area contributed by atoms with Crippen molar-refractivity contribution in [2.75, 3.05) is 11.5 Å². The molecule has 1 unspecified atom stereocenters. The molecule has 3 N–H and O–H groups in total. The minimum Gasteiger partial charge on any atom is -0.399 e. The number of aliphatic hydroxyl groups excluding tert-OH is 1. The van der Waals surface area contributed by atoms with Crippen LogP contribution >= 0.6 is 0 Å². The Balaban J connectivity index is 2.28. The van der Waals surface area contributed by atoms with E-state index in [9.17, 15) is 13.5 Å². The van der Waals surface area contributed by atoms with Crippen LogP contribution in [0.5, 0.6) is 0 Å². The van der Waals surface area contributed by atoms with Crippen molar-refractivity contribution in [2.24, 2.45) is 5.41 Å². The molecule has 3 rings (SSSR count). The quantitative estimate of drug-likeness (QED) is 0.756. The maximum atomic E-state index is 13.3. The van der Waals surface area contributed by atoms with E-state index in [4.69, 9.17) is 5.73 Å². The number of hydrogen-bond donors (Lipinski definition) is 2. The Bertz CT molecular complexity index is 895. The molecule has 2 aromatic carbocycles. The number of nitrogens with two attached hydrogens (primary N) is 1. The first-order chi connectivity index (χ1) is 12.8. The van der Waals surface area contributed by atoms with Gasteiger partial charge < -0.3 is 10.8 Å². The number of rotatable bonds is 5. The molecular weight excluding hydrogens is 358 g/mol. The molecule has 0 aliphatic carbocycles. The summed E-state index contributed by atoms with van der Waals surface area (Å²) in [6.07, 6.45) is 2.35. The predicted molar refractivity (Wildman–Crippen MR) is 109 cm³/mol. The van der Waals surface area contributed by atoms with Crippen molar-refractivity contribution in [3.8, 4) is 0 Å². The molecule has 0 saturated heterocycles. The fourth-order valence-electron chi connectivity index (χ4n) is 4.42. The number of hydrogen-bond acceptors (Lipinski definition) is 4. The smallest absolute Gasteiger partial charge is 0.179 e. The zero-order valence-electron chi connectivity index (χ0n) is 16.1. The van der Waals surface area contributed by atoms with E-state index < -0.39 is 27.3 Å². The number of anilines is 1. The summed E-state index contributed by atoms with van der Waals surface area (Å²) in [7, 11) is -3.53. The van der Waals surface area contributed by atoms with Crippen LogP contribution in [-0.2, 0) is 9.84 Å². The molecule has 1 aliphatic heterocycles. The third-order valence-corrected chi connectivity index (χ3v) is 8.01. The van der Waals surface area contributed by atoms with Gasteiger partial charge in [-0.2, -0.15) is 0 Å². The van der Waals surface area contributed by atoms with Crippen molar-refractivity contribution in [1.82, 2.24) is 0 Å². The SMILES string of the molecule is CCCC[C@@]1(CC)CS(=O)(=O)c2ccc(N)cc2[C@@H](c2ccccc2)C1O. The minimum atomic E-state index is -3.53. The molecule has 0 fully saturated rings. The maximum absolute atomic E-state index is 13.3. The Morgan fingerprint density at radius 2 is 1.85 bits per heavy atom. The van der Waals surface area contributed by atoms with Gasteiger partial charge in [0.1, 0.15) is 0 Å². The van der Waals surface area contributed by atoms with Crippen LogP contribution in [0.4, 0.5) is 5.69 Å². The highest BCUT2D eigenvalue weighted by atomic mass is 32.2. The average Bonchev–Trinajstić information content (AvgIpc) is 2.72. The van der Waals surface area contributed by atoms with Crippen molar-refractivity contribution in [1.29, 1.82) is 0 Å². The lowest BCUT2D eigenvalue weighted by atomic mass is 9.69. The van der Waals surface area contributed by atoms with Gasteiger partial charge in [0.05, 0.1) is 16.8 Å². The van der Waals surface area contributed by atoms with E-state index >= 15 is 0 Å². The van der Waals surface area contributed by atoms with Gasteiger partial charge in [0.25, 0.3) is 0 Å². The average molecular weight is 388 g/mol. The summed E-state index contributed by atoms with van der Waals surface area (Å²) in [5.41, 5.74) is 7.37. The van der Waals surface area contributed by atoms with Crippen LogP contribution in [-0.4, -0.2) is 25.4 Å². The maximum Gasteiger partial charge on any atom is 0.179 e. The molecule has 3 atom stereocenters. The monoisotopic (exact) mass is 387 g/mol. The first-order valence-corrected chi connectivity index (χ1v) is 11.3. The van der Waals surface area contributed by atoms with Gasteiger partial charge in [-0.15, -0.1) is 0 Å². The molecular formula is C22H29NO3S. The highest BCUT2D eigenvalue weighted by Gasteiger charge is 2.48. The number of benzene rings is 2. The van der Waals surface area contributed by atoms with E-state index in [2.05, 4.69) is 6.92 Å². The highest BCUT2D eigenvalue weighted by molar-refractivity contribution is 7.91. The second-order valence-electron chi connectivity index (χ2n) is 7.71. The molecule has 1 heterocycles. The molecule has 0 spiro atoms. The molecule has 0 amide bonds. The van der Waals surface area contributed by atoms with Gasteiger partial charge in [0.2, 0.25) is 0 Å². The van der Waals surface area contributed by atoms with Crippen molar-refractivity contribution >= 4 is 15.5 Å². The molecule has 0 aromatic heterocycles. The second-order valence-corrected chi connectivity index (χ2v) is 9.67. The summed E-state index contributed by atoms with van der Waals surface area (Å²) in [5, 5.41) is 11.6. The highest BCUT2D eigenvalue weighted by Crippen LogP contribution is 2.48. The van der Waals surface area contributed by atoms with Gasteiger partial charge in [0.15, 0.2) is 9.84 Å². The van der Waals surface area contributed by atoms with E-state index in [0.29, 0.717) is 29.0 Å². The Morgan fingerprint density at radius 1 is 1.15 bits per heavy atom. The Kier molecular flexibility index (Phi) is 5.63. The molecule has 0 radical (unpaired) electrons. The summed E-state index contributed by atoms with van der Waals surface area (Å²) in [4.78, 5) is 0.302. The normalized spacial score (nSPS) is 26.9. The standard InChI is InChI=1S/C22H29NO3S/c1-3-5-13-22(4-2)15-27(25,26)19-12-11-17(23)14-18(19)20(21(22)24)16-9-7-6-8-10-16/h6-12,14,20-21,24H,3-5,13,15,23H2,1-2H3/t20-,21?,22+/m1/s1. The molecule has 2 aromatic rings. The van der Waals surface area contributed by atoms with E-state index in [0.717, 1.165) is 18.4 Å². The first kappa shape index (κ1) is 19.9. The lowest BCUT2D eigenvalue weighted by Gasteiger charge is -2.39. The summed E-state index contributed by atoms with van der Waals surface area (Å²) in [6, 6.07) is 14.6. The minimum absolute atomic E-state index is 0.0298. The number of sulfone groups is 1. The summed E-state index contributed by atoms with van der Waals surface area (Å²) in [6.45, 7) is 4.08. The van der Waals surface area contributed by atoms with Gasteiger partial charge >= 0.3 is 0 Å². The van der Waals surface area contributed by atoms with Crippen LogP contribution in [0.3, 0.4) is 0 Å². The van der Waals surface area contributed by atoms with Crippen LogP contribution < -0.4 is 5.73 Å². The fourth-order valence-corrected chi connectivity index (χ4v) is 6.67. The summed E-state index contributed by atoms with van der Waals surface area (Å²) in [5.74, 6) is -0.448. The van der Waals surface area contributed by atoms with Crippen LogP contribution in [0.15, 0.2) is 53.4 Å². The number of unbranched alkanes of at least 4 members (excludes halogenated alkanes) is 1. The van der Waals surface area contributed by atoms with Crippen LogP contribution in [0.25, 0.3) is 0 Å².